The van der Waals surface area contributed by atoms with E-state index in [0.717, 1.165) is 17.6 Å². The Labute approximate surface area is 213 Å². The van der Waals surface area contributed by atoms with Crippen LogP contribution in [-0.2, 0) is 20.7 Å². The van der Waals surface area contributed by atoms with Crippen molar-refractivity contribution in [3.05, 3.63) is 71.8 Å². The quantitative estimate of drug-likeness (QED) is 0.221. The molecule has 0 amide bonds. The first-order valence-electron chi connectivity index (χ1n) is 12.1. The van der Waals surface area contributed by atoms with E-state index in [9.17, 15) is 8.42 Å². The van der Waals surface area contributed by atoms with Gasteiger partial charge in [0, 0.05) is 5.41 Å². The summed E-state index contributed by atoms with van der Waals surface area (Å²) >= 11 is 0. The summed E-state index contributed by atoms with van der Waals surface area (Å²) in [7, 11) is -5.26. The topological polar surface area (TPSA) is 52.6 Å². The third kappa shape index (κ3) is 11.3. The first-order chi connectivity index (χ1) is 16.3. The second kappa shape index (κ2) is 12.6. The molecule has 4 nitrogen and oxygen atoms in total. The Morgan fingerprint density at radius 1 is 1.09 bits per heavy atom. The molecule has 190 valence electrons. The maximum absolute atomic E-state index is 11.6. The number of aryl methyl sites for hydroxylation is 1. The van der Waals surface area contributed by atoms with E-state index in [1.165, 1.54) is 10.8 Å². The molecule has 0 spiro atoms. The van der Waals surface area contributed by atoms with Crippen molar-refractivity contribution in [2.75, 3.05) is 19.1 Å². The Bertz CT molecular complexity index is 1160. The lowest BCUT2D eigenvalue weighted by molar-refractivity contribution is 0.256. The largest absolute Gasteiger partial charge is 0.497 e. The van der Waals surface area contributed by atoms with Gasteiger partial charge < -0.3 is 4.74 Å². The molecule has 1 unspecified atom stereocenters. The molecular formula is C29H40O4SSi. The van der Waals surface area contributed by atoms with Gasteiger partial charge in [-0.15, -0.1) is 0 Å². The summed E-state index contributed by atoms with van der Waals surface area (Å²) in [5.41, 5.74) is 2.35. The number of ether oxygens (including phenoxy) is 1. The Morgan fingerprint density at radius 3 is 2.46 bits per heavy atom. The van der Waals surface area contributed by atoms with Crippen LogP contribution in [0.1, 0.15) is 38.3 Å². The molecule has 6 heteroatoms. The zero-order chi connectivity index (χ0) is 26.1. The number of allylic oxidation sites excluding steroid dienone is 2. The van der Waals surface area contributed by atoms with Crippen LogP contribution in [-0.4, -0.2) is 35.6 Å². The molecule has 0 saturated heterocycles. The Morgan fingerprint density at radius 2 is 1.80 bits per heavy atom. The van der Waals surface area contributed by atoms with Crippen LogP contribution in [0.4, 0.5) is 0 Å². The van der Waals surface area contributed by atoms with E-state index >= 15 is 0 Å². The van der Waals surface area contributed by atoms with Crippen LogP contribution in [0.3, 0.4) is 0 Å². The molecule has 2 aromatic rings. The summed E-state index contributed by atoms with van der Waals surface area (Å²) < 4.78 is 34.5. The minimum Gasteiger partial charge on any atom is -0.497 e. The van der Waals surface area contributed by atoms with Gasteiger partial charge in [0.2, 0.25) is 0 Å². The molecule has 0 radical (unpaired) electrons. The summed E-state index contributed by atoms with van der Waals surface area (Å²) in [6.07, 6.45) is 6.97. The molecule has 2 aromatic carbocycles. The molecule has 0 heterocycles. The average molecular weight is 513 g/mol. The third-order valence-corrected chi connectivity index (χ3v) is 8.98. The number of rotatable bonds is 11. The van der Waals surface area contributed by atoms with Gasteiger partial charge in [-0.1, -0.05) is 78.2 Å². The summed E-state index contributed by atoms with van der Waals surface area (Å²) in [5, 5.41) is 1.41. The SMILES string of the molecule is Cc1ccccc1[Si](C)(C)COc1cccc(CC(C/C=C/C#CC(C)(C)C)COS(C)(=O)=O)c1. The predicted octanol–water partition coefficient (Wildman–Crippen LogP) is 5.66. The Kier molecular flexibility index (Phi) is 10.4. The fraction of sp³-hybridized carbons (Fsp3) is 0.448. The average Bonchev–Trinajstić information content (AvgIpc) is 2.75. The number of benzene rings is 2. The normalized spacial score (nSPS) is 13.3. The van der Waals surface area contributed by atoms with Crippen molar-refractivity contribution >= 4 is 23.4 Å². The van der Waals surface area contributed by atoms with E-state index in [4.69, 9.17) is 8.92 Å². The lowest BCUT2D eigenvalue weighted by Gasteiger charge is -2.25. The van der Waals surface area contributed by atoms with Crippen molar-refractivity contribution in [1.82, 2.24) is 0 Å². The predicted molar refractivity (Wildman–Crippen MR) is 149 cm³/mol. The maximum Gasteiger partial charge on any atom is 0.264 e. The van der Waals surface area contributed by atoms with Crippen LogP contribution in [0.2, 0.25) is 13.1 Å². The summed E-state index contributed by atoms with van der Waals surface area (Å²) in [4.78, 5) is 0. The van der Waals surface area contributed by atoms with Gasteiger partial charge in [0.1, 0.15) is 13.8 Å². The number of hydrogen-bond donors (Lipinski definition) is 0. The van der Waals surface area contributed by atoms with Gasteiger partial charge >= 0.3 is 0 Å². The first kappa shape index (κ1) is 28.9. The molecule has 0 aliphatic carbocycles. The Balaban J connectivity index is 2.08. The van der Waals surface area contributed by atoms with Gasteiger partial charge in [-0.2, -0.15) is 8.42 Å². The van der Waals surface area contributed by atoms with Gasteiger partial charge in [-0.3, -0.25) is 4.18 Å². The van der Waals surface area contributed by atoms with E-state index < -0.39 is 18.2 Å². The van der Waals surface area contributed by atoms with E-state index in [2.05, 4.69) is 83.0 Å². The molecule has 0 saturated carbocycles. The summed E-state index contributed by atoms with van der Waals surface area (Å²) in [6, 6.07) is 16.6. The molecule has 0 fully saturated rings. The van der Waals surface area contributed by atoms with Gasteiger partial charge in [0.25, 0.3) is 10.1 Å². The highest BCUT2D eigenvalue weighted by molar-refractivity contribution is 7.85. The summed E-state index contributed by atoms with van der Waals surface area (Å²) in [6.45, 7) is 13.1. The highest BCUT2D eigenvalue weighted by Gasteiger charge is 2.26. The smallest absolute Gasteiger partial charge is 0.264 e. The minimum absolute atomic E-state index is 0.00504. The van der Waals surface area contributed by atoms with Gasteiger partial charge in [-0.25, -0.2) is 0 Å². The standard InChI is InChI=1S/C29H40O4SSi/c1-24-14-10-11-18-28(24)35(6,7)23-32-27-17-13-16-25(21-27)20-26(22-33-34(5,30)31)15-9-8-12-19-29(2,3)4/h8-11,13-14,16-18,21,26H,15,20,22-23H2,1-7H3/b9-8+. The van der Waals surface area contributed by atoms with Gasteiger partial charge in [0.05, 0.1) is 19.1 Å². The van der Waals surface area contributed by atoms with Crippen molar-refractivity contribution in [2.45, 2.75) is 53.6 Å². The monoisotopic (exact) mass is 512 g/mol. The highest BCUT2D eigenvalue weighted by atomic mass is 32.2. The summed E-state index contributed by atoms with van der Waals surface area (Å²) in [5.74, 6) is 7.09. The van der Waals surface area contributed by atoms with Gasteiger partial charge in [-0.05, 0) is 70.2 Å². The first-order valence-corrected chi connectivity index (χ1v) is 17.1. The zero-order valence-corrected chi connectivity index (χ0v) is 24.0. The molecule has 1 atom stereocenters. The second-order valence-corrected chi connectivity index (χ2v) is 17.1. The van der Waals surface area contributed by atoms with Crippen LogP contribution in [0.25, 0.3) is 0 Å². The van der Waals surface area contributed by atoms with E-state index in [-0.39, 0.29) is 17.9 Å². The fourth-order valence-electron chi connectivity index (χ4n) is 3.78. The van der Waals surface area contributed by atoms with Crippen molar-refractivity contribution in [2.24, 2.45) is 11.3 Å². The fourth-order valence-corrected chi connectivity index (χ4v) is 6.60. The van der Waals surface area contributed by atoms with Crippen molar-refractivity contribution in [3.63, 3.8) is 0 Å². The van der Waals surface area contributed by atoms with Crippen LogP contribution in [0, 0.1) is 30.1 Å². The van der Waals surface area contributed by atoms with E-state index in [0.29, 0.717) is 19.1 Å². The van der Waals surface area contributed by atoms with Crippen molar-refractivity contribution in [3.8, 4) is 17.6 Å². The molecule has 2 rings (SSSR count). The number of hydrogen-bond acceptors (Lipinski definition) is 4. The lowest BCUT2D eigenvalue weighted by atomic mass is 9.96. The molecule has 0 aliphatic rings. The van der Waals surface area contributed by atoms with Crippen LogP contribution >= 0.6 is 0 Å². The van der Waals surface area contributed by atoms with Crippen LogP contribution in [0.5, 0.6) is 5.75 Å². The zero-order valence-electron chi connectivity index (χ0n) is 22.2. The van der Waals surface area contributed by atoms with E-state index in [1.54, 1.807) is 0 Å². The van der Waals surface area contributed by atoms with Gasteiger partial charge in [0.15, 0.2) is 0 Å². The molecule has 0 aliphatic heterocycles. The molecule has 0 aromatic heterocycles. The Hall–Kier alpha value is -2.33. The van der Waals surface area contributed by atoms with E-state index in [1.807, 2.05) is 30.4 Å². The van der Waals surface area contributed by atoms with Crippen molar-refractivity contribution < 1.29 is 17.3 Å². The van der Waals surface area contributed by atoms with Crippen LogP contribution in [0.15, 0.2) is 60.7 Å². The molecule has 0 N–H and O–H groups in total. The third-order valence-electron chi connectivity index (χ3n) is 5.53. The molecule has 0 bridgehead atoms. The minimum atomic E-state index is -3.50. The highest BCUT2D eigenvalue weighted by Crippen LogP contribution is 2.20. The maximum atomic E-state index is 11.6. The molecular weight excluding hydrogens is 472 g/mol. The van der Waals surface area contributed by atoms with Crippen LogP contribution < -0.4 is 9.92 Å². The second-order valence-electron chi connectivity index (χ2n) is 10.9. The lowest BCUT2D eigenvalue weighted by Crippen LogP contribution is -2.48. The van der Waals surface area contributed by atoms with Crippen molar-refractivity contribution in [1.29, 1.82) is 0 Å². The molecule has 35 heavy (non-hydrogen) atoms.